The van der Waals surface area contributed by atoms with Crippen LogP contribution in [0.25, 0.3) is 11.3 Å². The predicted molar refractivity (Wildman–Crippen MR) is 100 cm³/mol. The Morgan fingerprint density at radius 2 is 1.92 bits per heavy atom. The van der Waals surface area contributed by atoms with Crippen molar-refractivity contribution >= 4 is 17.5 Å². The molecule has 5 nitrogen and oxygen atoms in total. The minimum atomic E-state index is -0.0555. The zero-order valence-corrected chi connectivity index (χ0v) is 15.5. The van der Waals surface area contributed by atoms with Crippen molar-refractivity contribution in [2.75, 3.05) is 39.3 Å². The highest BCUT2D eigenvalue weighted by Crippen LogP contribution is 2.29. The summed E-state index contributed by atoms with van der Waals surface area (Å²) in [7, 11) is 0. The summed E-state index contributed by atoms with van der Waals surface area (Å²) >= 11 is 6.21. The van der Waals surface area contributed by atoms with Gasteiger partial charge in [-0.1, -0.05) is 23.7 Å². The van der Waals surface area contributed by atoms with E-state index in [4.69, 9.17) is 20.8 Å². The summed E-state index contributed by atoms with van der Waals surface area (Å²) in [5.74, 6) is 0.934. The minimum absolute atomic E-state index is 0.0555. The van der Waals surface area contributed by atoms with Crippen LogP contribution in [0.2, 0.25) is 5.02 Å². The summed E-state index contributed by atoms with van der Waals surface area (Å²) in [6.07, 6.45) is 2.67. The fourth-order valence-electron chi connectivity index (χ4n) is 3.62. The molecule has 0 radical (unpaired) electrons. The number of hydrogen-bond donors (Lipinski definition) is 0. The van der Waals surface area contributed by atoms with E-state index in [2.05, 4.69) is 4.90 Å². The molecule has 0 bridgehead atoms. The molecule has 1 aromatic heterocycles. The van der Waals surface area contributed by atoms with Crippen LogP contribution in [0.3, 0.4) is 0 Å². The van der Waals surface area contributed by atoms with Gasteiger partial charge in [0.25, 0.3) is 5.91 Å². The first kappa shape index (κ1) is 17.6. The van der Waals surface area contributed by atoms with Crippen LogP contribution in [-0.4, -0.2) is 61.1 Å². The summed E-state index contributed by atoms with van der Waals surface area (Å²) in [6, 6.07) is 11.0. The maximum atomic E-state index is 12.7. The number of carbonyl (C=O) groups excluding carboxylic acids is 1. The van der Waals surface area contributed by atoms with Gasteiger partial charge >= 0.3 is 0 Å². The number of ether oxygens (including phenoxy) is 1. The van der Waals surface area contributed by atoms with Gasteiger partial charge in [0.05, 0.1) is 11.1 Å². The molecule has 6 heteroatoms. The molecule has 0 saturated carbocycles. The van der Waals surface area contributed by atoms with Crippen LogP contribution in [0.1, 0.15) is 23.4 Å². The second kappa shape index (κ2) is 7.82. The summed E-state index contributed by atoms with van der Waals surface area (Å²) in [5.41, 5.74) is 0.801. The van der Waals surface area contributed by atoms with E-state index < -0.39 is 0 Å². The fourth-order valence-corrected chi connectivity index (χ4v) is 3.85. The molecule has 1 amide bonds. The quantitative estimate of drug-likeness (QED) is 0.821. The van der Waals surface area contributed by atoms with Crippen LogP contribution < -0.4 is 0 Å². The second-order valence-corrected chi connectivity index (χ2v) is 7.28. The van der Waals surface area contributed by atoms with Gasteiger partial charge in [0.1, 0.15) is 5.76 Å². The van der Waals surface area contributed by atoms with Crippen molar-refractivity contribution in [1.82, 2.24) is 9.80 Å². The summed E-state index contributed by atoms with van der Waals surface area (Å²) in [5, 5.41) is 0.614. The van der Waals surface area contributed by atoms with Crippen molar-refractivity contribution in [3.05, 3.63) is 47.2 Å². The van der Waals surface area contributed by atoms with Crippen molar-refractivity contribution in [3.63, 3.8) is 0 Å². The Morgan fingerprint density at radius 1 is 1.12 bits per heavy atom. The van der Waals surface area contributed by atoms with Gasteiger partial charge < -0.3 is 14.1 Å². The molecule has 1 atom stereocenters. The number of hydrogen-bond acceptors (Lipinski definition) is 4. The maximum absolute atomic E-state index is 12.7. The van der Waals surface area contributed by atoms with Crippen molar-refractivity contribution in [3.8, 4) is 11.3 Å². The molecule has 2 aliphatic heterocycles. The zero-order chi connectivity index (χ0) is 17.9. The molecule has 0 spiro atoms. The Balaban J connectivity index is 1.36. The molecular formula is C20H23ClN2O3. The lowest BCUT2D eigenvalue weighted by Crippen LogP contribution is -2.50. The van der Waals surface area contributed by atoms with Gasteiger partial charge in [-0.2, -0.15) is 0 Å². The van der Waals surface area contributed by atoms with Crippen molar-refractivity contribution in [2.24, 2.45) is 0 Å². The monoisotopic (exact) mass is 374 g/mol. The standard InChI is InChI=1S/C20H23ClN2O3/c21-17-6-2-1-5-16(17)18-7-8-19(26-18)20(24)23-11-9-22(10-12-23)14-15-4-3-13-25-15/h1-2,5-8,15H,3-4,9-14H2/t15-/m0/s1. The largest absolute Gasteiger partial charge is 0.451 e. The average Bonchev–Trinajstić information content (AvgIpc) is 3.34. The maximum Gasteiger partial charge on any atom is 0.289 e. The molecule has 2 fully saturated rings. The van der Waals surface area contributed by atoms with Gasteiger partial charge in [0.2, 0.25) is 0 Å². The zero-order valence-electron chi connectivity index (χ0n) is 14.7. The third-order valence-electron chi connectivity index (χ3n) is 5.10. The minimum Gasteiger partial charge on any atom is -0.451 e. The molecule has 0 N–H and O–H groups in total. The van der Waals surface area contributed by atoms with Crippen LogP contribution in [0.5, 0.6) is 0 Å². The van der Waals surface area contributed by atoms with Gasteiger partial charge in [0, 0.05) is 44.9 Å². The molecule has 2 aliphatic rings. The lowest BCUT2D eigenvalue weighted by Gasteiger charge is -2.35. The number of amides is 1. The first-order valence-electron chi connectivity index (χ1n) is 9.19. The molecule has 0 aliphatic carbocycles. The number of rotatable bonds is 4. The number of halogens is 1. The third-order valence-corrected chi connectivity index (χ3v) is 5.43. The normalized spacial score (nSPS) is 21.3. The van der Waals surface area contributed by atoms with Crippen LogP contribution in [0.4, 0.5) is 0 Å². The molecular weight excluding hydrogens is 352 g/mol. The van der Waals surface area contributed by atoms with E-state index in [9.17, 15) is 4.79 Å². The Morgan fingerprint density at radius 3 is 2.65 bits per heavy atom. The van der Waals surface area contributed by atoms with Crippen LogP contribution in [0, 0.1) is 0 Å². The topological polar surface area (TPSA) is 45.9 Å². The highest BCUT2D eigenvalue weighted by atomic mass is 35.5. The number of nitrogens with zero attached hydrogens (tertiary/aromatic N) is 2. The summed E-state index contributed by atoms with van der Waals surface area (Å²) in [4.78, 5) is 17.0. The lowest BCUT2D eigenvalue weighted by atomic mass is 10.2. The van der Waals surface area contributed by atoms with Crippen LogP contribution >= 0.6 is 11.6 Å². The van der Waals surface area contributed by atoms with E-state index in [0.717, 1.165) is 44.6 Å². The first-order chi connectivity index (χ1) is 12.7. The number of piperazine rings is 1. The number of furan rings is 1. The molecule has 0 unspecified atom stereocenters. The van der Waals surface area contributed by atoms with E-state index in [-0.39, 0.29) is 5.91 Å². The van der Waals surface area contributed by atoms with Gasteiger partial charge in [-0.3, -0.25) is 9.69 Å². The van der Waals surface area contributed by atoms with Crippen LogP contribution in [0.15, 0.2) is 40.8 Å². The number of carbonyl (C=O) groups is 1. The number of benzene rings is 1. The van der Waals surface area contributed by atoms with Gasteiger partial charge in [-0.15, -0.1) is 0 Å². The smallest absolute Gasteiger partial charge is 0.289 e. The van der Waals surface area contributed by atoms with Gasteiger partial charge in [-0.05, 0) is 37.1 Å². The first-order valence-corrected chi connectivity index (χ1v) is 9.56. The fraction of sp³-hybridized carbons (Fsp3) is 0.450. The van der Waals surface area contributed by atoms with Crippen molar-refractivity contribution < 1.29 is 13.9 Å². The molecule has 2 aromatic rings. The van der Waals surface area contributed by atoms with E-state index in [1.54, 1.807) is 6.07 Å². The van der Waals surface area contributed by atoms with Gasteiger partial charge in [-0.25, -0.2) is 0 Å². The lowest BCUT2D eigenvalue weighted by molar-refractivity contribution is 0.0417. The van der Waals surface area contributed by atoms with E-state index in [0.29, 0.717) is 35.7 Å². The average molecular weight is 375 g/mol. The second-order valence-electron chi connectivity index (χ2n) is 6.87. The summed E-state index contributed by atoms with van der Waals surface area (Å²) < 4.78 is 11.5. The molecule has 3 heterocycles. The van der Waals surface area contributed by atoms with Crippen molar-refractivity contribution in [1.29, 1.82) is 0 Å². The van der Waals surface area contributed by atoms with E-state index in [1.807, 2.05) is 35.2 Å². The highest BCUT2D eigenvalue weighted by molar-refractivity contribution is 6.33. The molecule has 4 rings (SSSR count). The van der Waals surface area contributed by atoms with Crippen molar-refractivity contribution in [2.45, 2.75) is 18.9 Å². The molecule has 1 aromatic carbocycles. The third kappa shape index (κ3) is 3.80. The Bertz CT molecular complexity index is 762. The summed E-state index contributed by atoms with van der Waals surface area (Å²) in [6.45, 7) is 5.05. The Kier molecular flexibility index (Phi) is 5.29. The highest BCUT2D eigenvalue weighted by Gasteiger charge is 2.27. The molecule has 2 saturated heterocycles. The van der Waals surface area contributed by atoms with E-state index in [1.165, 1.54) is 0 Å². The predicted octanol–water partition coefficient (Wildman–Crippen LogP) is 3.54. The Labute approximate surface area is 158 Å². The SMILES string of the molecule is O=C(c1ccc(-c2ccccc2Cl)o1)N1CCN(C[C@@H]2CCCO2)CC1. The van der Waals surface area contributed by atoms with Crippen LogP contribution in [-0.2, 0) is 4.74 Å². The molecule has 138 valence electrons. The van der Waals surface area contributed by atoms with E-state index >= 15 is 0 Å². The molecule has 26 heavy (non-hydrogen) atoms. The Hall–Kier alpha value is -1.82. The van der Waals surface area contributed by atoms with Gasteiger partial charge in [0.15, 0.2) is 5.76 Å².